The number of benzene rings is 4. The fraction of sp³-hybridized carbons (Fsp3) is 0.0968. The van der Waals surface area contributed by atoms with Crippen LogP contribution in [0.2, 0.25) is 0 Å². The van der Waals surface area contributed by atoms with E-state index in [0.29, 0.717) is 0 Å². The van der Waals surface area contributed by atoms with Crippen molar-refractivity contribution in [1.82, 2.24) is 9.78 Å². The summed E-state index contributed by atoms with van der Waals surface area (Å²) in [5.74, 6) is 0. The average Bonchev–Trinajstić information content (AvgIpc) is 3.12. The summed E-state index contributed by atoms with van der Waals surface area (Å²) in [6, 6.07) is 40.0. The van der Waals surface area contributed by atoms with Crippen molar-refractivity contribution < 1.29 is 0 Å². The van der Waals surface area contributed by atoms with Crippen LogP contribution in [-0.4, -0.2) is 15.5 Å². The molecule has 0 radical (unpaired) electrons. The van der Waals surface area contributed by atoms with Gasteiger partial charge in [-0.1, -0.05) is 90.6 Å². The number of thioether (sulfide) groups is 1. The summed E-state index contributed by atoms with van der Waals surface area (Å²) in [7, 11) is 0. The second kappa shape index (κ2) is 10.2. The van der Waals surface area contributed by atoms with Crippen LogP contribution in [0.1, 0.15) is 28.5 Å². The van der Waals surface area contributed by atoms with Crippen molar-refractivity contribution in [3.05, 3.63) is 132 Å². The average molecular weight is 504 g/mol. The van der Waals surface area contributed by atoms with Gasteiger partial charge in [0.05, 0.1) is 17.1 Å². The van der Waals surface area contributed by atoms with Gasteiger partial charge in [0, 0.05) is 32.7 Å². The first kappa shape index (κ1) is 22.9. The van der Waals surface area contributed by atoms with Crippen molar-refractivity contribution in [1.29, 1.82) is 0 Å². The van der Waals surface area contributed by atoms with E-state index in [2.05, 4.69) is 121 Å². The minimum absolute atomic E-state index is 0.177. The zero-order chi connectivity index (χ0) is 24.3. The van der Waals surface area contributed by atoms with Crippen LogP contribution in [0.15, 0.2) is 135 Å². The maximum atomic E-state index is 5.16. The van der Waals surface area contributed by atoms with E-state index in [-0.39, 0.29) is 5.25 Å². The maximum absolute atomic E-state index is 5.16. The third-order valence-electron chi connectivity index (χ3n) is 6.22. The van der Waals surface area contributed by atoms with Crippen LogP contribution < -0.4 is 0 Å². The summed E-state index contributed by atoms with van der Waals surface area (Å²) in [6.45, 7) is 2.14. The second-order valence-corrected chi connectivity index (χ2v) is 11.0. The van der Waals surface area contributed by atoms with Crippen LogP contribution in [0, 0.1) is 6.92 Å². The molecule has 5 heteroatoms. The number of aromatic nitrogens is 2. The third-order valence-corrected chi connectivity index (χ3v) is 8.60. The predicted molar refractivity (Wildman–Crippen MR) is 151 cm³/mol. The quantitative estimate of drug-likeness (QED) is 0.240. The summed E-state index contributed by atoms with van der Waals surface area (Å²) in [4.78, 5) is 7.56. The number of hydrogen-bond donors (Lipinski definition) is 0. The second-order valence-electron chi connectivity index (χ2n) is 8.67. The molecule has 0 aliphatic carbocycles. The molecule has 6 rings (SSSR count). The number of aryl methyl sites for hydroxylation is 1. The number of rotatable bonds is 5. The smallest absolute Gasteiger partial charge is 0.109 e. The molecule has 2 heterocycles. The van der Waals surface area contributed by atoms with E-state index in [0.717, 1.165) is 34.2 Å². The Bertz CT molecular complexity index is 1510. The molecular weight excluding hydrogens is 478 g/mol. The number of fused-ring (bicyclic) bond motifs is 1. The van der Waals surface area contributed by atoms with E-state index in [9.17, 15) is 0 Å². The van der Waals surface area contributed by atoms with Crippen molar-refractivity contribution >= 4 is 34.9 Å². The van der Waals surface area contributed by atoms with Gasteiger partial charge in [0.15, 0.2) is 0 Å². The van der Waals surface area contributed by atoms with Crippen molar-refractivity contribution in [3.63, 3.8) is 0 Å². The molecule has 0 fully saturated rings. The highest BCUT2D eigenvalue weighted by Crippen LogP contribution is 2.49. The van der Waals surface area contributed by atoms with Crippen LogP contribution in [0.4, 0.5) is 5.69 Å². The van der Waals surface area contributed by atoms with Gasteiger partial charge in [0.25, 0.3) is 0 Å². The molecule has 0 saturated heterocycles. The van der Waals surface area contributed by atoms with Gasteiger partial charge in [-0.2, -0.15) is 5.10 Å². The Morgan fingerprint density at radius 2 is 1.42 bits per heavy atom. The standard InChI is InChI=1S/C31H25N3S2/c1-22-30(31(35-25-17-9-4-10-18-25)34(33-22)24-15-7-3-8-16-24)29-21-27(23-13-5-2-6-14-23)32-26-19-11-12-20-28(26)36-29/h2-20,29H,21H2,1H3. The van der Waals surface area contributed by atoms with Crippen LogP contribution in [0.25, 0.3) is 5.69 Å². The van der Waals surface area contributed by atoms with Gasteiger partial charge in [-0.3, -0.25) is 4.99 Å². The molecule has 0 bridgehead atoms. The molecule has 5 aromatic rings. The van der Waals surface area contributed by atoms with Crippen LogP contribution in [0.5, 0.6) is 0 Å². The summed E-state index contributed by atoms with van der Waals surface area (Å²) < 4.78 is 2.11. The minimum Gasteiger partial charge on any atom is -0.252 e. The lowest BCUT2D eigenvalue weighted by Crippen LogP contribution is -2.07. The van der Waals surface area contributed by atoms with Gasteiger partial charge in [0.1, 0.15) is 5.03 Å². The lowest BCUT2D eigenvalue weighted by Gasteiger charge is -2.18. The molecule has 176 valence electrons. The van der Waals surface area contributed by atoms with Gasteiger partial charge >= 0.3 is 0 Å². The molecule has 1 unspecified atom stereocenters. The highest BCUT2D eigenvalue weighted by Gasteiger charge is 2.29. The SMILES string of the molecule is Cc1nn(-c2ccccc2)c(Sc2ccccc2)c1C1CC(c2ccccc2)=Nc2ccccc2S1. The predicted octanol–water partition coefficient (Wildman–Crippen LogP) is 8.69. The first-order chi connectivity index (χ1) is 17.8. The summed E-state index contributed by atoms with van der Waals surface area (Å²) in [6.07, 6.45) is 0.826. The van der Waals surface area contributed by atoms with Crippen LogP contribution in [0.3, 0.4) is 0 Å². The molecule has 3 nitrogen and oxygen atoms in total. The molecule has 0 spiro atoms. The van der Waals surface area contributed by atoms with Gasteiger partial charge in [-0.25, -0.2) is 4.68 Å². The molecular formula is C31H25N3S2. The highest BCUT2D eigenvalue weighted by molar-refractivity contribution is 8.00. The molecule has 1 aromatic heterocycles. The number of hydrogen-bond acceptors (Lipinski definition) is 4. The Labute approximate surface area is 220 Å². The fourth-order valence-corrected chi connectivity index (χ4v) is 7.08. The Balaban J connectivity index is 1.51. The largest absolute Gasteiger partial charge is 0.252 e. The van der Waals surface area contributed by atoms with E-state index in [1.807, 2.05) is 17.8 Å². The molecule has 36 heavy (non-hydrogen) atoms. The molecule has 0 N–H and O–H groups in total. The van der Waals surface area contributed by atoms with Crippen molar-refractivity contribution in [2.75, 3.05) is 0 Å². The van der Waals surface area contributed by atoms with E-state index >= 15 is 0 Å². The number of aliphatic imine (C=N–C) groups is 1. The monoisotopic (exact) mass is 503 g/mol. The van der Waals surface area contributed by atoms with E-state index in [1.54, 1.807) is 11.8 Å². The van der Waals surface area contributed by atoms with E-state index in [1.165, 1.54) is 20.9 Å². The zero-order valence-electron chi connectivity index (χ0n) is 19.9. The normalized spacial score (nSPS) is 15.1. The Kier molecular flexibility index (Phi) is 6.50. The van der Waals surface area contributed by atoms with Gasteiger partial charge in [-0.05, 0) is 48.9 Å². The molecule has 1 aliphatic rings. The first-order valence-electron chi connectivity index (χ1n) is 12.0. The zero-order valence-corrected chi connectivity index (χ0v) is 21.5. The highest BCUT2D eigenvalue weighted by atomic mass is 32.2. The van der Waals surface area contributed by atoms with E-state index in [4.69, 9.17) is 10.1 Å². The Morgan fingerprint density at radius 3 is 2.17 bits per heavy atom. The summed E-state index contributed by atoms with van der Waals surface area (Å²) >= 11 is 3.68. The van der Waals surface area contributed by atoms with Crippen LogP contribution >= 0.6 is 23.5 Å². The number of nitrogens with zero attached hydrogens (tertiary/aromatic N) is 3. The molecule has 4 aromatic carbocycles. The van der Waals surface area contributed by atoms with Gasteiger partial charge < -0.3 is 0 Å². The van der Waals surface area contributed by atoms with E-state index < -0.39 is 0 Å². The molecule has 0 amide bonds. The molecule has 0 saturated carbocycles. The topological polar surface area (TPSA) is 30.2 Å². The fourth-order valence-electron chi connectivity index (χ4n) is 4.52. The van der Waals surface area contributed by atoms with Crippen molar-refractivity contribution in [2.45, 2.75) is 33.4 Å². The third kappa shape index (κ3) is 4.64. The first-order valence-corrected chi connectivity index (χ1v) is 13.7. The van der Waals surface area contributed by atoms with Gasteiger partial charge in [-0.15, -0.1) is 11.8 Å². The van der Waals surface area contributed by atoms with Crippen molar-refractivity contribution in [2.24, 2.45) is 4.99 Å². The van der Waals surface area contributed by atoms with Crippen LogP contribution in [-0.2, 0) is 0 Å². The Morgan fingerprint density at radius 1 is 0.778 bits per heavy atom. The summed E-state index contributed by atoms with van der Waals surface area (Å²) in [5, 5.41) is 6.42. The summed E-state index contributed by atoms with van der Waals surface area (Å²) in [5.41, 5.74) is 6.72. The van der Waals surface area contributed by atoms with Crippen molar-refractivity contribution in [3.8, 4) is 5.69 Å². The number of para-hydroxylation sites is 2. The Hall–Kier alpha value is -3.54. The molecule has 1 atom stereocenters. The lowest BCUT2D eigenvalue weighted by atomic mass is 10.0. The maximum Gasteiger partial charge on any atom is 0.109 e. The molecule has 1 aliphatic heterocycles. The lowest BCUT2D eigenvalue weighted by molar-refractivity contribution is 0.787. The minimum atomic E-state index is 0.177. The van der Waals surface area contributed by atoms with Gasteiger partial charge in [0.2, 0.25) is 0 Å².